The average Bonchev–Trinajstić information content (AvgIpc) is 2.78. The smallest absolute Gasteiger partial charge is 0.252 e. The molecule has 2 rings (SSSR count). The van der Waals surface area contributed by atoms with Gasteiger partial charge in [-0.1, -0.05) is 6.92 Å². The fraction of sp³-hybridized carbons (Fsp3) is 0.688. The number of hydrogen-bond acceptors (Lipinski definition) is 4. The maximum atomic E-state index is 12.2. The third-order valence-corrected chi connectivity index (χ3v) is 5.03. The second-order valence-corrected chi connectivity index (χ2v) is 7.71. The first-order valence-electron chi connectivity index (χ1n) is 7.72. The van der Waals surface area contributed by atoms with Gasteiger partial charge in [0, 0.05) is 49.0 Å². The molecule has 1 aromatic heterocycles. The normalized spacial score (nSPS) is 18.7. The highest BCUT2D eigenvalue weighted by molar-refractivity contribution is 7.12. The molecule has 5 heteroatoms. The van der Waals surface area contributed by atoms with E-state index in [-0.39, 0.29) is 5.91 Å². The van der Waals surface area contributed by atoms with E-state index in [0.29, 0.717) is 5.92 Å². The topological polar surface area (TPSA) is 35.6 Å². The van der Waals surface area contributed by atoms with E-state index in [1.807, 2.05) is 19.9 Å². The number of carbonyl (C=O) groups is 1. The van der Waals surface area contributed by atoms with Gasteiger partial charge in [0.2, 0.25) is 0 Å². The summed E-state index contributed by atoms with van der Waals surface area (Å²) in [5.41, 5.74) is 0.837. The van der Waals surface area contributed by atoms with Crippen LogP contribution >= 0.6 is 11.3 Å². The van der Waals surface area contributed by atoms with Crippen molar-refractivity contribution in [2.75, 3.05) is 46.3 Å². The minimum atomic E-state index is 0.0714. The van der Waals surface area contributed by atoms with Crippen LogP contribution in [0.2, 0.25) is 0 Å². The Bertz CT molecular complexity index is 478. The zero-order chi connectivity index (χ0) is 15.4. The first-order chi connectivity index (χ1) is 9.95. The van der Waals surface area contributed by atoms with Crippen LogP contribution in [-0.2, 0) is 0 Å². The molecule has 0 aliphatic carbocycles. The van der Waals surface area contributed by atoms with Gasteiger partial charge in [0.25, 0.3) is 5.91 Å². The Kier molecular flexibility index (Phi) is 5.79. The molecular formula is C16H27N3OS. The molecule has 4 nitrogen and oxygen atoms in total. The SMILES string of the molecule is Cc1cc(C(=O)NCC(C)CN2CCN(C)CC2)c(C)s1. The lowest BCUT2D eigenvalue weighted by atomic mass is 10.1. The third-order valence-electron chi connectivity index (χ3n) is 4.06. The van der Waals surface area contributed by atoms with Crippen molar-refractivity contribution in [2.45, 2.75) is 20.8 Å². The maximum Gasteiger partial charge on any atom is 0.252 e. The van der Waals surface area contributed by atoms with Gasteiger partial charge in [-0.15, -0.1) is 11.3 Å². The molecule has 0 radical (unpaired) electrons. The summed E-state index contributed by atoms with van der Waals surface area (Å²) < 4.78 is 0. The van der Waals surface area contributed by atoms with Crippen LogP contribution in [0, 0.1) is 19.8 Å². The average molecular weight is 309 g/mol. The lowest BCUT2D eigenvalue weighted by Gasteiger charge is -2.33. The second-order valence-electron chi connectivity index (χ2n) is 6.25. The van der Waals surface area contributed by atoms with E-state index in [2.05, 4.69) is 29.1 Å². The van der Waals surface area contributed by atoms with Crippen LogP contribution in [0.4, 0.5) is 0 Å². The van der Waals surface area contributed by atoms with Crippen molar-refractivity contribution in [3.8, 4) is 0 Å². The van der Waals surface area contributed by atoms with Gasteiger partial charge < -0.3 is 15.1 Å². The molecule has 118 valence electrons. The predicted octanol–water partition coefficient (Wildman–Crippen LogP) is 1.98. The molecule has 0 bridgehead atoms. The number of carbonyl (C=O) groups excluding carboxylic acids is 1. The lowest BCUT2D eigenvalue weighted by Crippen LogP contribution is -2.46. The van der Waals surface area contributed by atoms with Gasteiger partial charge in [-0.2, -0.15) is 0 Å². The van der Waals surface area contributed by atoms with Crippen LogP contribution in [0.5, 0.6) is 0 Å². The molecule has 1 aromatic rings. The number of rotatable bonds is 5. The van der Waals surface area contributed by atoms with E-state index in [1.165, 1.54) is 4.88 Å². The summed E-state index contributed by atoms with van der Waals surface area (Å²) in [4.78, 5) is 19.4. The van der Waals surface area contributed by atoms with Gasteiger partial charge in [-0.25, -0.2) is 0 Å². The molecule has 1 atom stereocenters. The molecule has 1 unspecified atom stereocenters. The molecule has 1 aliphatic heterocycles. The number of hydrogen-bond donors (Lipinski definition) is 1. The first-order valence-corrected chi connectivity index (χ1v) is 8.53. The third kappa shape index (κ3) is 4.80. The van der Waals surface area contributed by atoms with E-state index in [4.69, 9.17) is 0 Å². The number of aryl methyl sites for hydroxylation is 2. The van der Waals surface area contributed by atoms with Crippen molar-refractivity contribution in [3.05, 3.63) is 21.4 Å². The summed E-state index contributed by atoms with van der Waals surface area (Å²) in [5, 5.41) is 3.08. The van der Waals surface area contributed by atoms with E-state index in [9.17, 15) is 4.79 Å². The van der Waals surface area contributed by atoms with Gasteiger partial charge in [0.1, 0.15) is 0 Å². The Morgan fingerprint density at radius 3 is 2.57 bits per heavy atom. The summed E-state index contributed by atoms with van der Waals surface area (Å²) in [5.74, 6) is 0.555. The van der Waals surface area contributed by atoms with Crippen molar-refractivity contribution in [1.82, 2.24) is 15.1 Å². The Balaban J connectivity index is 1.74. The van der Waals surface area contributed by atoms with Crippen LogP contribution < -0.4 is 5.32 Å². The van der Waals surface area contributed by atoms with Crippen LogP contribution in [0.1, 0.15) is 27.0 Å². The molecule has 1 aliphatic rings. The Labute approximate surface area is 132 Å². The largest absolute Gasteiger partial charge is 0.352 e. The van der Waals surface area contributed by atoms with Crippen molar-refractivity contribution < 1.29 is 4.79 Å². The van der Waals surface area contributed by atoms with E-state index in [0.717, 1.165) is 49.7 Å². The fourth-order valence-corrected chi connectivity index (χ4v) is 3.68. The monoisotopic (exact) mass is 309 g/mol. The summed E-state index contributed by atoms with van der Waals surface area (Å²) in [6.07, 6.45) is 0. The van der Waals surface area contributed by atoms with E-state index < -0.39 is 0 Å². The second kappa shape index (κ2) is 7.38. The molecule has 21 heavy (non-hydrogen) atoms. The quantitative estimate of drug-likeness (QED) is 0.903. The predicted molar refractivity (Wildman–Crippen MR) is 89.2 cm³/mol. The molecule has 1 amide bonds. The first kappa shape index (κ1) is 16.5. The highest BCUT2D eigenvalue weighted by Crippen LogP contribution is 2.20. The Morgan fingerprint density at radius 1 is 1.33 bits per heavy atom. The Morgan fingerprint density at radius 2 is 2.00 bits per heavy atom. The minimum absolute atomic E-state index is 0.0714. The molecule has 1 saturated heterocycles. The summed E-state index contributed by atoms with van der Waals surface area (Å²) in [6.45, 7) is 12.7. The van der Waals surface area contributed by atoms with Gasteiger partial charge in [0.05, 0.1) is 5.56 Å². The number of likely N-dealkylation sites (N-methyl/N-ethyl adjacent to an activating group) is 1. The number of thiophene rings is 1. The van der Waals surface area contributed by atoms with Crippen LogP contribution in [0.25, 0.3) is 0 Å². The molecule has 0 aromatic carbocycles. The van der Waals surface area contributed by atoms with E-state index >= 15 is 0 Å². The number of nitrogens with one attached hydrogen (secondary N) is 1. The molecular weight excluding hydrogens is 282 g/mol. The molecule has 1 fully saturated rings. The highest BCUT2D eigenvalue weighted by Gasteiger charge is 2.17. The molecule has 2 heterocycles. The minimum Gasteiger partial charge on any atom is -0.352 e. The fourth-order valence-electron chi connectivity index (χ4n) is 2.75. The maximum absolute atomic E-state index is 12.2. The van der Waals surface area contributed by atoms with Crippen LogP contribution in [0.3, 0.4) is 0 Å². The van der Waals surface area contributed by atoms with Gasteiger partial charge in [-0.3, -0.25) is 4.79 Å². The number of amides is 1. The van der Waals surface area contributed by atoms with Crippen molar-refractivity contribution in [1.29, 1.82) is 0 Å². The molecule has 1 N–H and O–H groups in total. The van der Waals surface area contributed by atoms with Crippen LogP contribution in [-0.4, -0.2) is 62.0 Å². The van der Waals surface area contributed by atoms with Crippen molar-refractivity contribution >= 4 is 17.2 Å². The number of piperazine rings is 1. The van der Waals surface area contributed by atoms with Gasteiger partial charge in [0.15, 0.2) is 0 Å². The molecule has 0 spiro atoms. The van der Waals surface area contributed by atoms with Gasteiger partial charge in [-0.05, 0) is 32.9 Å². The Hall–Kier alpha value is -0.910. The molecule has 0 saturated carbocycles. The zero-order valence-corrected chi connectivity index (χ0v) is 14.4. The highest BCUT2D eigenvalue weighted by atomic mass is 32.1. The van der Waals surface area contributed by atoms with Crippen LogP contribution in [0.15, 0.2) is 6.07 Å². The summed E-state index contributed by atoms with van der Waals surface area (Å²) >= 11 is 1.69. The van der Waals surface area contributed by atoms with Gasteiger partial charge >= 0.3 is 0 Å². The van der Waals surface area contributed by atoms with E-state index in [1.54, 1.807) is 11.3 Å². The lowest BCUT2D eigenvalue weighted by molar-refractivity contribution is 0.0937. The number of nitrogens with zero attached hydrogens (tertiary/aromatic N) is 2. The standard InChI is InChI=1S/C16H27N3OS/c1-12(11-19-7-5-18(4)6-8-19)10-17-16(20)15-9-13(2)21-14(15)3/h9,12H,5-8,10-11H2,1-4H3,(H,17,20). The summed E-state index contributed by atoms with van der Waals surface area (Å²) in [6, 6.07) is 1.99. The summed E-state index contributed by atoms with van der Waals surface area (Å²) in [7, 11) is 2.17. The van der Waals surface area contributed by atoms with Crippen molar-refractivity contribution in [3.63, 3.8) is 0 Å². The zero-order valence-electron chi connectivity index (χ0n) is 13.6. The van der Waals surface area contributed by atoms with Crippen molar-refractivity contribution in [2.24, 2.45) is 5.92 Å².